The summed E-state index contributed by atoms with van der Waals surface area (Å²) in [5, 5.41) is 0. The van der Waals surface area contributed by atoms with Crippen LogP contribution in [0.2, 0.25) is 0 Å². The minimum absolute atomic E-state index is 0.133. The predicted molar refractivity (Wildman–Crippen MR) is 81.9 cm³/mol. The first-order valence-corrected chi connectivity index (χ1v) is 7.75. The number of ether oxygens (including phenoxy) is 1. The lowest BCUT2D eigenvalue weighted by molar-refractivity contribution is -0.0338. The van der Waals surface area contributed by atoms with Gasteiger partial charge in [-0.25, -0.2) is 4.98 Å². The fraction of sp³-hybridized carbons (Fsp3) is 0.412. The van der Waals surface area contributed by atoms with Crippen molar-refractivity contribution in [3.8, 4) is 5.69 Å². The number of amides is 1. The monoisotopic (exact) mass is 297 g/mol. The summed E-state index contributed by atoms with van der Waals surface area (Å²) in [4.78, 5) is 18.7. The molecule has 114 valence electrons. The molecular formula is C17H19N3O2. The van der Waals surface area contributed by atoms with E-state index < -0.39 is 0 Å². The van der Waals surface area contributed by atoms with E-state index in [1.165, 1.54) is 6.42 Å². The van der Waals surface area contributed by atoms with Crippen LogP contribution in [0.15, 0.2) is 43.0 Å². The SMILES string of the molecule is O=C(c1ccc(-n2ccnc2)cc1)N1C[C@@H]2COC[C@@H](C2)C1. The highest BCUT2D eigenvalue weighted by atomic mass is 16.5. The fourth-order valence-electron chi connectivity index (χ4n) is 3.50. The van der Waals surface area contributed by atoms with Crippen molar-refractivity contribution in [3.05, 3.63) is 48.5 Å². The van der Waals surface area contributed by atoms with Crippen molar-refractivity contribution >= 4 is 5.91 Å². The molecule has 4 rings (SSSR count). The van der Waals surface area contributed by atoms with Crippen LogP contribution in [-0.2, 0) is 4.74 Å². The maximum atomic E-state index is 12.7. The van der Waals surface area contributed by atoms with Crippen molar-refractivity contribution < 1.29 is 9.53 Å². The van der Waals surface area contributed by atoms with Crippen LogP contribution in [0.5, 0.6) is 0 Å². The summed E-state index contributed by atoms with van der Waals surface area (Å²) in [7, 11) is 0. The summed E-state index contributed by atoms with van der Waals surface area (Å²) in [6.07, 6.45) is 6.59. The first kappa shape index (κ1) is 13.5. The molecule has 1 aromatic carbocycles. The van der Waals surface area contributed by atoms with Crippen molar-refractivity contribution in [1.29, 1.82) is 0 Å². The Hall–Kier alpha value is -2.14. The summed E-state index contributed by atoms with van der Waals surface area (Å²) >= 11 is 0. The number of carbonyl (C=O) groups is 1. The summed E-state index contributed by atoms with van der Waals surface area (Å²) in [6.45, 7) is 3.22. The first-order valence-electron chi connectivity index (χ1n) is 7.75. The molecule has 2 atom stereocenters. The molecule has 0 radical (unpaired) electrons. The summed E-state index contributed by atoms with van der Waals surface area (Å²) in [5.41, 5.74) is 1.77. The third-order valence-electron chi connectivity index (χ3n) is 4.53. The van der Waals surface area contributed by atoms with Crippen LogP contribution < -0.4 is 0 Å². The van der Waals surface area contributed by atoms with Crippen LogP contribution in [0.25, 0.3) is 5.69 Å². The van der Waals surface area contributed by atoms with Gasteiger partial charge in [-0.3, -0.25) is 4.79 Å². The van der Waals surface area contributed by atoms with Crippen LogP contribution >= 0.6 is 0 Å². The summed E-state index contributed by atoms with van der Waals surface area (Å²) in [5.74, 6) is 1.14. The molecule has 22 heavy (non-hydrogen) atoms. The molecule has 2 bridgehead atoms. The van der Waals surface area contributed by atoms with Crippen molar-refractivity contribution in [2.24, 2.45) is 11.8 Å². The number of likely N-dealkylation sites (tertiary alicyclic amines) is 1. The Balaban J connectivity index is 1.50. The largest absolute Gasteiger partial charge is 0.381 e. The molecule has 0 saturated carbocycles. The summed E-state index contributed by atoms with van der Waals surface area (Å²) < 4.78 is 7.51. The molecule has 2 fully saturated rings. The number of rotatable bonds is 2. The van der Waals surface area contributed by atoms with Crippen molar-refractivity contribution in [2.75, 3.05) is 26.3 Å². The van der Waals surface area contributed by atoms with E-state index in [0.29, 0.717) is 11.8 Å². The van der Waals surface area contributed by atoms with E-state index >= 15 is 0 Å². The Morgan fingerprint density at radius 1 is 1.14 bits per heavy atom. The minimum Gasteiger partial charge on any atom is -0.381 e. The van der Waals surface area contributed by atoms with E-state index in [1.807, 2.05) is 39.9 Å². The van der Waals surface area contributed by atoms with E-state index in [2.05, 4.69) is 4.98 Å². The lowest BCUT2D eigenvalue weighted by atomic mass is 9.88. The van der Waals surface area contributed by atoms with E-state index in [4.69, 9.17) is 4.74 Å². The van der Waals surface area contributed by atoms with Crippen molar-refractivity contribution in [1.82, 2.24) is 14.5 Å². The Bertz CT molecular complexity index is 639. The number of aromatic nitrogens is 2. The second-order valence-corrected chi connectivity index (χ2v) is 6.23. The van der Waals surface area contributed by atoms with E-state index in [-0.39, 0.29) is 5.91 Å². The highest BCUT2D eigenvalue weighted by Crippen LogP contribution is 2.27. The molecule has 5 nitrogen and oxygen atoms in total. The second kappa shape index (κ2) is 5.57. The maximum Gasteiger partial charge on any atom is 0.253 e. The van der Waals surface area contributed by atoms with Gasteiger partial charge in [-0.2, -0.15) is 0 Å². The zero-order valence-electron chi connectivity index (χ0n) is 12.4. The van der Waals surface area contributed by atoms with Gasteiger partial charge in [0.1, 0.15) is 0 Å². The molecule has 0 unspecified atom stereocenters. The molecule has 5 heteroatoms. The standard InChI is InChI=1S/C17H19N3O2/c21-17(20-8-13-7-14(9-20)11-22-10-13)15-1-3-16(4-2-15)19-6-5-18-12-19/h1-6,12-14H,7-11H2/t13-,14+. The van der Waals surface area contributed by atoms with Gasteiger partial charge in [-0.1, -0.05) is 0 Å². The molecule has 3 heterocycles. The number of hydrogen-bond acceptors (Lipinski definition) is 3. The fourth-order valence-corrected chi connectivity index (χ4v) is 3.50. The highest BCUT2D eigenvalue weighted by Gasteiger charge is 2.33. The number of piperidine rings is 1. The Labute approximate surface area is 129 Å². The van der Waals surface area contributed by atoms with Crippen molar-refractivity contribution in [2.45, 2.75) is 6.42 Å². The minimum atomic E-state index is 0.133. The smallest absolute Gasteiger partial charge is 0.253 e. The predicted octanol–water partition coefficient (Wildman–Crippen LogP) is 1.98. The third-order valence-corrected chi connectivity index (χ3v) is 4.53. The van der Waals surface area contributed by atoms with Gasteiger partial charge in [-0.15, -0.1) is 0 Å². The molecular weight excluding hydrogens is 278 g/mol. The zero-order valence-corrected chi connectivity index (χ0v) is 12.4. The Kier molecular flexibility index (Phi) is 3.42. The molecule has 2 saturated heterocycles. The molecule has 2 aliphatic rings. The number of imidazole rings is 1. The number of benzene rings is 1. The van der Waals surface area contributed by atoms with Crippen LogP contribution in [0.1, 0.15) is 16.8 Å². The van der Waals surface area contributed by atoms with Gasteiger partial charge in [0.25, 0.3) is 5.91 Å². The van der Waals surface area contributed by atoms with Gasteiger partial charge < -0.3 is 14.2 Å². The average Bonchev–Trinajstić information content (AvgIpc) is 3.08. The lowest BCUT2D eigenvalue weighted by Crippen LogP contribution is -2.49. The molecule has 1 amide bonds. The maximum absolute atomic E-state index is 12.7. The van der Waals surface area contributed by atoms with Crippen molar-refractivity contribution in [3.63, 3.8) is 0 Å². The lowest BCUT2D eigenvalue weighted by Gasteiger charge is -2.41. The Morgan fingerprint density at radius 3 is 2.50 bits per heavy atom. The third kappa shape index (κ3) is 2.52. The van der Waals surface area contributed by atoms with Crippen LogP contribution in [-0.4, -0.2) is 46.7 Å². The van der Waals surface area contributed by atoms with Gasteiger partial charge in [0.05, 0.1) is 19.5 Å². The number of fused-ring (bicyclic) bond motifs is 2. The molecule has 0 spiro atoms. The average molecular weight is 297 g/mol. The second-order valence-electron chi connectivity index (χ2n) is 6.23. The zero-order chi connectivity index (χ0) is 14.9. The molecule has 2 aromatic rings. The van der Waals surface area contributed by atoms with Gasteiger partial charge in [0.2, 0.25) is 0 Å². The topological polar surface area (TPSA) is 47.4 Å². The Morgan fingerprint density at radius 2 is 1.86 bits per heavy atom. The van der Waals surface area contributed by atoms with E-state index in [0.717, 1.165) is 37.6 Å². The van der Waals surface area contributed by atoms with Crippen LogP contribution in [0, 0.1) is 11.8 Å². The normalized spacial score (nSPS) is 24.3. The number of carbonyl (C=O) groups excluding carboxylic acids is 1. The molecule has 2 aliphatic heterocycles. The van der Waals surface area contributed by atoms with E-state index in [1.54, 1.807) is 12.5 Å². The molecule has 0 aliphatic carbocycles. The number of hydrogen-bond donors (Lipinski definition) is 0. The van der Waals surface area contributed by atoms with Crippen LogP contribution in [0.4, 0.5) is 0 Å². The van der Waals surface area contributed by atoms with E-state index in [9.17, 15) is 4.79 Å². The highest BCUT2D eigenvalue weighted by molar-refractivity contribution is 5.94. The quantitative estimate of drug-likeness (QED) is 0.851. The number of nitrogens with zero attached hydrogens (tertiary/aromatic N) is 3. The van der Waals surface area contributed by atoms with Gasteiger partial charge in [0, 0.05) is 48.6 Å². The van der Waals surface area contributed by atoms with Gasteiger partial charge in [-0.05, 0) is 30.7 Å². The molecule has 1 aromatic heterocycles. The van der Waals surface area contributed by atoms with Gasteiger partial charge in [0.15, 0.2) is 0 Å². The summed E-state index contributed by atoms with van der Waals surface area (Å²) in [6, 6.07) is 7.72. The first-order chi connectivity index (χ1) is 10.8. The molecule has 0 N–H and O–H groups in total. The van der Waals surface area contributed by atoms with Gasteiger partial charge >= 0.3 is 0 Å². The van der Waals surface area contributed by atoms with Crippen LogP contribution in [0.3, 0.4) is 0 Å².